The van der Waals surface area contributed by atoms with Gasteiger partial charge in [-0.05, 0) is 54.0 Å². The molecular formula is C13H21NOS. The minimum absolute atomic E-state index is 0.328. The van der Waals surface area contributed by atoms with E-state index in [2.05, 4.69) is 29.1 Å². The lowest BCUT2D eigenvalue weighted by atomic mass is 9.66. The highest BCUT2D eigenvalue weighted by Gasteiger charge is 2.36. The minimum atomic E-state index is 0.328. The highest BCUT2D eigenvalue weighted by atomic mass is 32.1. The molecule has 0 amide bonds. The summed E-state index contributed by atoms with van der Waals surface area (Å²) in [6.07, 6.45) is 4.83. The second kappa shape index (κ2) is 5.30. The topological polar surface area (TPSA) is 32.3 Å². The number of hydrogen-bond donors (Lipinski definition) is 2. The molecule has 90 valence electrons. The highest BCUT2D eigenvalue weighted by molar-refractivity contribution is 7.07. The Morgan fingerprint density at radius 3 is 2.88 bits per heavy atom. The van der Waals surface area contributed by atoms with E-state index < -0.39 is 0 Å². The Labute approximate surface area is 102 Å². The van der Waals surface area contributed by atoms with Crippen LogP contribution >= 0.6 is 11.3 Å². The molecule has 1 heterocycles. The molecule has 1 aliphatic rings. The lowest BCUT2D eigenvalue weighted by Gasteiger charge is -2.42. The second-order valence-corrected chi connectivity index (χ2v) is 5.77. The van der Waals surface area contributed by atoms with Gasteiger partial charge < -0.3 is 10.4 Å². The molecule has 1 atom stereocenters. The van der Waals surface area contributed by atoms with Crippen LogP contribution in [0.25, 0.3) is 0 Å². The van der Waals surface area contributed by atoms with Gasteiger partial charge in [-0.2, -0.15) is 11.3 Å². The molecule has 0 saturated heterocycles. The molecule has 3 heteroatoms. The number of rotatable bonds is 6. The molecule has 1 unspecified atom stereocenters. The Hall–Kier alpha value is -0.380. The number of thiophene rings is 1. The van der Waals surface area contributed by atoms with Crippen LogP contribution in [0, 0.1) is 5.41 Å². The van der Waals surface area contributed by atoms with E-state index in [-0.39, 0.29) is 0 Å². The van der Waals surface area contributed by atoms with Crippen LogP contribution in [-0.4, -0.2) is 18.3 Å². The van der Waals surface area contributed by atoms with Crippen LogP contribution in [0.1, 0.15) is 44.2 Å². The lowest BCUT2D eigenvalue weighted by Crippen LogP contribution is -2.41. The quantitative estimate of drug-likeness (QED) is 0.800. The smallest absolute Gasteiger partial charge is 0.0436 e. The highest BCUT2D eigenvalue weighted by Crippen LogP contribution is 2.43. The van der Waals surface area contributed by atoms with E-state index in [0.717, 1.165) is 13.0 Å². The van der Waals surface area contributed by atoms with E-state index in [1.807, 2.05) is 0 Å². The van der Waals surface area contributed by atoms with Crippen LogP contribution in [0.15, 0.2) is 16.8 Å². The average Bonchev–Trinajstić information content (AvgIpc) is 2.74. The molecular weight excluding hydrogens is 218 g/mol. The summed E-state index contributed by atoms with van der Waals surface area (Å²) < 4.78 is 0. The van der Waals surface area contributed by atoms with E-state index in [0.29, 0.717) is 18.1 Å². The fourth-order valence-corrected chi connectivity index (χ4v) is 3.19. The van der Waals surface area contributed by atoms with E-state index in [4.69, 9.17) is 5.11 Å². The summed E-state index contributed by atoms with van der Waals surface area (Å²) in [5, 5.41) is 17.0. The lowest BCUT2D eigenvalue weighted by molar-refractivity contribution is 0.0833. The molecule has 1 aliphatic carbocycles. The van der Waals surface area contributed by atoms with Gasteiger partial charge in [-0.25, -0.2) is 0 Å². The molecule has 0 aromatic carbocycles. The zero-order valence-corrected chi connectivity index (χ0v) is 10.7. The molecule has 1 aromatic rings. The van der Waals surface area contributed by atoms with Gasteiger partial charge in [0.2, 0.25) is 0 Å². The number of aliphatic hydroxyl groups excluding tert-OH is 1. The van der Waals surface area contributed by atoms with Crippen LogP contribution in [0.5, 0.6) is 0 Å². The molecule has 1 saturated carbocycles. The third-order valence-electron chi connectivity index (χ3n) is 3.88. The van der Waals surface area contributed by atoms with Gasteiger partial charge in [0.25, 0.3) is 0 Å². The van der Waals surface area contributed by atoms with Crippen LogP contribution in [0.3, 0.4) is 0 Å². The fourth-order valence-electron chi connectivity index (χ4n) is 2.44. The van der Waals surface area contributed by atoms with Gasteiger partial charge in [0.15, 0.2) is 0 Å². The predicted molar refractivity (Wildman–Crippen MR) is 68.7 cm³/mol. The summed E-state index contributed by atoms with van der Waals surface area (Å²) in [6.45, 7) is 3.59. The second-order valence-electron chi connectivity index (χ2n) is 4.99. The SMILES string of the molecule is CC(NCC1(CCO)CCC1)c1ccsc1. The van der Waals surface area contributed by atoms with Crippen molar-refractivity contribution >= 4 is 11.3 Å². The first-order chi connectivity index (χ1) is 7.76. The van der Waals surface area contributed by atoms with Crippen molar-refractivity contribution in [1.29, 1.82) is 0 Å². The minimum Gasteiger partial charge on any atom is -0.396 e. The summed E-state index contributed by atoms with van der Waals surface area (Å²) >= 11 is 1.75. The Bertz CT molecular complexity index is 306. The summed E-state index contributed by atoms with van der Waals surface area (Å²) in [5.41, 5.74) is 1.77. The molecule has 0 radical (unpaired) electrons. The van der Waals surface area contributed by atoms with E-state index in [1.165, 1.54) is 24.8 Å². The largest absolute Gasteiger partial charge is 0.396 e. The van der Waals surface area contributed by atoms with Crippen LogP contribution in [-0.2, 0) is 0 Å². The Morgan fingerprint density at radius 2 is 2.38 bits per heavy atom. The van der Waals surface area contributed by atoms with Crippen molar-refractivity contribution in [2.45, 2.75) is 38.6 Å². The number of nitrogens with one attached hydrogen (secondary N) is 1. The maximum absolute atomic E-state index is 9.09. The molecule has 2 N–H and O–H groups in total. The normalized spacial score (nSPS) is 20.4. The van der Waals surface area contributed by atoms with Crippen molar-refractivity contribution in [3.05, 3.63) is 22.4 Å². The summed E-state index contributed by atoms with van der Waals surface area (Å²) in [4.78, 5) is 0. The third-order valence-corrected chi connectivity index (χ3v) is 4.58. The monoisotopic (exact) mass is 239 g/mol. The van der Waals surface area contributed by atoms with E-state index in [9.17, 15) is 0 Å². The zero-order chi connectivity index (χ0) is 11.4. The van der Waals surface area contributed by atoms with Crippen LogP contribution in [0.4, 0.5) is 0 Å². The Kier molecular flexibility index (Phi) is 4.00. The predicted octanol–water partition coefficient (Wildman–Crippen LogP) is 2.95. The first kappa shape index (κ1) is 12.1. The maximum atomic E-state index is 9.09. The first-order valence-corrected chi connectivity index (χ1v) is 7.06. The van der Waals surface area contributed by atoms with Gasteiger partial charge in [0.05, 0.1) is 0 Å². The number of hydrogen-bond acceptors (Lipinski definition) is 3. The zero-order valence-electron chi connectivity index (χ0n) is 9.91. The third kappa shape index (κ3) is 2.65. The number of aliphatic hydroxyl groups is 1. The van der Waals surface area contributed by atoms with Gasteiger partial charge in [0.1, 0.15) is 0 Å². The van der Waals surface area contributed by atoms with Crippen molar-refractivity contribution in [2.24, 2.45) is 5.41 Å². The van der Waals surface area contributed by atoms with Gasteiger partial charge in [-0.1, -0.05) is 6.42 Å². The van der Waals surface area contributed by atoms with Gasteiger partial charge in [-0.3, -0.25) is 0 Å². The van der Waals surface area contributed by atoms with E-state index in [1.54, 1.807) is 11.3 Å². The summed E-state index contributed by atoms with van der Waals surface area (Å²) in [5.74, 6) is 0. The Balaban J connectivity index is 1.82. The van der Waals surface area contributed by atoms with Crippen molar-refractivity contribution in [2.75, 3.05) is 13.2 Å². The van der Waals surface area contributed by atoms with Crippen molar-refractivity contribution in [3.8, 4) is 0 Å². The fraction of sp³-hybridized carbons (Fsp3) is 0.692. The van der Waals surface area contributed by atoms with Gasteiger partial charge >= 0.3 is 0 Å². The molecule has 2 rings (SSSR count). The van der Waals surface area contributed by atoms with Crippen molar-refractivity contribution < 1.29 is 5.11 Å². The molecule has 1 fully saturated rings. The molecule has 1 aromatic heterocycles. The van der Waals surface area contributed by atoms with Crippen molar-refractivity contribution in [3.63, 3.8) is 0 Å². The van der Waals surface area contributed by atoms with Crippen molar-refractivity contribution in [1.82, 2.24) is 5.32 Å². The van der Waals surface area contributed by atoms with E-state index >= 15 is 0 Å². The Morgan fingerprint density at radius 1 is 1.56 bits per heavy atom. The average molecular weight is 239 g/mol. The van der Waals surface area contributed by atoms with Gasteiger partial charge in [0, 0.05) is 19.2 Å². The summed E-state index contributed by atoms with van der Waals surface area (Å²) in [6, 6.07) is 2.62. The molecule has 2 nitrogen and oxygen atoms in total. The molecule has 0 spiro atoms. The first-order valence-electron chi connectivity index (χ1n) is 6.12. The standard InChI is InChI=1S/C13H21NOS/c1-11(12-3-8-16-9-12)14-10-13(6-7-15)4-2-5-13/h3,8-9,11,14-15H,2,4-7,10H2,1H3. The van der Waals surface area contributed by atoms with Crippen LogP contribution in [0.2, 0.25) is 0 Å². The van der Waals surface area contributed by atoms with Crippen LogP contribution < -0.4 is 5.32 Å². The van der Waals surface area contributed by atoms with Gasteiger partial charge in [-0.15, -0.1) is 0 Å². The molecule has 16 heavy (non-hydrogen) atoms. The maximum Gasteiger partial charge on any atom is 0.0436 e. The molecule has 0 bridgehead atoms. The summed E-state index contributed by atoms with van der Waals surface area (Å²) in [7, 11) is 0. The molecule has 0 aliphatic heterocycles.